The lowest BCUT2D eigenvalue weighted by molar-refractivity contribution is 0.214. The first-order valence-electron chi connectivity index (χ1n) is 4.72. The van der Waals surface area contributed by atoms with E-state index >= 15 is 0 Å². The molecular formula is C12H9BrClNO. The minimum atomic E-state index is -0.743. The molecule has 2 nitrogen and oxygen atoms in total. The van der Waals surface area contributed by atoms with Crippen LogP contribution < -0.4 is 0 Å². The molecule has 0 aliphatic carbocycles. The number of pyridine rings is 1. The quantitative estimate of drug-likeness (QED) is 0.919. The van der Waals surface area contributed by atoms with Gasteiger partial charge in [0.25, 0.3) is 0 Å². The Morgan fingerprint density at radius 3 is 2.50 bits per heavy atom. The van der Waals surface area contributed by atoms with Gasteiger partial charge in [-0.1, -0.05) is 23.7 Å². The zero-order valence-electron chi connectivity index (χ0n) is 8.27. The van der Waals surface area contributed by atoms with Gasteiger partial charge in [-0.2, -0.15) is 0 Å². The fourth-order valence-electron chi connectivity index (χ4n) is 1.40. The highest BCUT2D eigenvalue weighted by atomic mass is 79.9. The Bertz CT molecular complexity index is 487. The van der Waals surface area contributed by atoms with E-state index in [-0.39, 0.29) is 0 Å². The van der Waals surface area contributed by atoms with E-state index in [0.29, 0.717) is 10.7 Å². The van der Waals surface area contributed by atoms with E-state index < -0.39 is 6.10 Å². The SMILES string of the molecule is OC(c1ccc(Cl)cc1)c1ncccc1Br. The summed E-state index contributed by atoms with van der Waals surface area (Å²) in [6.45, 7) is 0. The van der Waals surface area contributed by atoms with Crippen LogP contribution in [0.25, 0.3) is 0 Å². The molecule has 0 saturated carbocycles. The van der Waals surface area contributed by atoms with Crippen molar-refractivity contribution in [2.75, 3.05) is 0 Å². The van der Waals surface area contributed by atoms with Gasteiger partial charge in [0, 0.05) is 15.7 Å². The van der Waals surface area contributed by atoms with E-state index in [2.05, 4.69) is 20.9 Å². The highest BCUT2D eigenvalue weighted by Crippen LogP contribution is 2.26. The van der Waals surface area contributed by atoms with Crippen LogP contribution in [0.1, 0.15) is 17.4 Å². The summed E-state index contributed by atoms with van der Waals surface area (Å²) in [7, 11) is 0. The van der Waals surface area contributed by atoms with Gasteiger partial charge in [0.15, 0.2) is 0 Å². The van der Waals surface area contributed by atoms with Crippen molar-refractivity contribution in [3.8, 4) is 0 Å². The Morgan fingerprint density at radius 2 is 1.88 bits per heavy atom. The summed E-state index contributed by atoms with van der Waals surface area (Å²) in [6.07, 6.45) is 0.909. The van der Waals surface area contributed by atoms with Gasteiger partial charge in [0.2, 0.25) is 0 Å². The van der Waals surface area contributed by atoms with Crippen molar-refractivity contribution >= 4 is 27.5 Å². The maximum absolute atomic E-state index is 10.1. The van der Waals surface area contributed by atoms with Crippen LogP contribution in [0.15, 0.2) is 47.1 Å². The van der Waals surface area contributed by atoms with E-state index in [0.717, 1.165) is 10.0 Å². The van der Waals surface area contributed by atoms with Crippen LogP contribution in [0.3, 0.4) is 0 Å². The van der Waals surface area contributed by atoms with E-state index in [1.165, 1.54) is 0 Å². The Labute approximate surface area is 107 Å². The molecule has 1 heterocycles. The van der Waals surface area contributed by atoms with Crippen molar-refractivity contribution in [3.05, 3.63) is 63.3 Å². The summed E-state index contributed by atoms with van der Waals surface area (Å²) in [6, 6.07) is 10.7. The standard InChI is InChI=1S/C12H9BrClNO/c13-10-2-1-7-15-11(10)12(16)8-3-5-9(14)6-4-8/h1-7,12,16H. The van der Waals surface area contributed by atoms with Gasteiger partial charge in [0.05, 0.1) is 5.69 Å². The summed E-state index contributed by atoms with van der Waals surface area (Å²) >= 11 is 9.15. The van der Waals surface area contributed by atoms with Gasteiger partial charge in [-0.05, 0) is 45.8 Å². The van der Waals surface area contributed by atoms with Crippen molar-refractivity contribution in [1.82, 2.24) is 4.98 Å². The number of rotatable bonds is 2. The maximum Gasteiger partial charge on any atom is 0.122 e. The normalized spacial score (nSPS) is 12.4. The molecule has 0 spiro atoms. The first-order chi connectivity index (χ1) is 7.68. The molecule has 1 atom stereocenters. The van der Waals surface area contributed by atoms with Crippen LogP contribution in [-0.4, -0.2) is 10.1 Å². The molecule has 1 N–H and O–H groups in total. The van der Waals surface area contributed by atoms with Crippen LogP contribution >= 0.6 is 27.5 Å². The second-order valence-electron chi connectivity index (χ2n) is 3.32. The topological polar surface area (TPSA) is 33.1 Å². The zero-order valence-corrected chi connectivity index (χ0v) is 10.6. The lowest BCUT2D eigenvalue weighted by Gasteiger charge is -2.11. The number of hydrogen-bond donors (Lipinski definition) is 1. The molecule has 0 saturated heterocycles. The maximum atomic E-state index is 10.1. The van der Waals surface area contributed by atoms with Gasteiger partial charge >= 0.3 is 0 Å². The summed E-state index contributed by atoms with van der Waals surface area (Å²) in [4.78, 5) is 4.15. The van der Waals surface area contributed by atoms with E-state index in [4.69, 9.17) is 11.6 Å². The Balaban J connectivity index is 2.35. The molecule has 0 aliphatic heterocycles. The van der Waals surface area contributed by atoms with Gasteiger partial charge in [-0.15, -0.1) is 0 Å². The fourth-order valence-corrected chi connectivity index (χ4v) is 2.00. The lowest BCUT2D eigenvalue weighted by atomic mass is 10.1. The zero-order chi connectivity index (χ0) is 11.5. The van der Waals surface area contributed by atoms with Crippen LogP contribution in [-0.2, 0) is 0 Å². The van der Waals surface area contributed by atoms with Gasteiger partial charge in [0.1, 0.15) is 6.10 Å². The molecule has 0 bridgehead atoms. The predicted molar refractivity (Wildman–Crippen MR) is 67.5 cm³/mol. The number of nitrogens with zero attached hydrogens (tertiary/aromatic N) is 1. The number of aliphatic hydroxyl groups excluding tert-OH is 1. The second kappa shape index (κ2) is 4.95. The third-order valence-corrected chi connectivity index (χ3v) is 3.15. The smallest absolute Gasteiger partial charge is 0.122 e. The molecule has 1 aromatic carbocycles. The average molecular weight is 299 g/mol. The van der Waals surface area contributed by atoms with Gasteiger partial charge in [-0.25, -0.2) is 0 Å². The van der Waals surface area contributed by atoms with E-state index in [1.807, 2.05) is 12.1 Å². The Kier molecular flexibility index (Phi) is 3.59. The third kappa shape index (κ3) is 2.43. The fraction of sp³-hybridized carbons (Fsp3) is 0.0833. The van der Waals surface area contributed by atoms with Crippen molar-refractivity contribution in [2.45, 2.75) is 6.10 Å². The molecule has 2 rings (SSSR count). The minimum Gasteiger partial charge on any atom is -0.382 e. The summed E-state index contributed by atoms with van der Waals surface area (Å²) < 4.78 is 0.789. The molecule has 16 heavy (non-hydrogen) atoms. The van der Waals surface area contributed by atoms with Gasteiger partial charge < -0.3 is 5.11 Å². The molecule has 1 aromatic heterocycles. The van der Waals surface area contributed by atoms with Crippen LogP contribution in [0, 0.1) is 0 Å². The van der Waals surface area contributed by atoms with Crippen LogP contribution in [0.4, 0.5) is 0 Å². The molecule has 0 radical (unpaired) electrons. The summed E-state index contributed by atoms with van der Waals surface area (Å²) in [5.74, 6) is 0. The van der Waals surface area contributed by atoms with E-state index in [1.54, 1.807) is 30.5 Å². The molecular weight excluding hydrogens is 289 g/mol. The molecule has 82 valence electrons. The van der Waals surface area contributed by atoms with Crippen LogP contribution in [0.5, 0.6) is 0 Å². The monoisotopic (exact) mass is 297 g/mol. The van der Waals surface area contributed by atoms with Crippen molar-refractivity contribution in [3.63, 3.8) is 0 Å². The Hall–Kier alpha value is -0.900. The number of halogens is 2. The summed E-state index contributed by atoms with van der Waals surface area (Å²) in [5.41, 5.74) is 1.37. The predicted octanol–water partition coefficient (Wildman–Crippen LogP) is 3.58. The van der Waals surface area contributed by atoms with Crippen molar-refractivity contribution in [1.29, 1.82) is 0 Å². The van der Waals surface area contributed by atoms with E-state index in [9.17, 15) is 5.11 Å². The average Bonchev–Trinajstić information content (AvgIpc) is 2.30. The van der Waals surface area contributed by atoms with Crippen molar-refractivity contribution < 1.29 is 5.11 Å². The van der Waals surface area contributed by atoms with Gasteiger partial charge in [-0.3, -0.25) is 4.98 Å². The first kappa shape index (κ1) is 11.6. The molecule has 1 unspecified atom stereocenters. The highest BCUT2D eigenvalue weighted by Gasteiger charge is 2.14. The molecule has 2 aromatic rings. The van der Waals surface area contributed by atoms with Crippen LogP contribution in [0.2, 0.25) is 5.02 Å². The number of hydrogen-bond acceptors (Lipinski definition) is 2. The highest BCUT2D eigenvalue weighted by molar-refractivity contribution is 9.10. The Morgan fingerprint density at radius 1 is 1.19 bits per heavy atom. The lowest BCUT2D eigenvalue weighted by Crippen LogP contribution is -2.02. The number of aliphatic hydroxyl groups is 1. The number of aromatic nitrogens is 1. The van der Waals surface area contributed by atoms with Crippen molar-refractivity contribution in [2.24, 2.45) is 0 Å². The largest absolute Gasteiger partial charge is 0.382 e. The first-order valence-corrected chi connectivity index (χ1v) is 5.89. The third-order valence-electron chi connectivity index (χ3n) is 2.23. The molecule has 0 amide bonds. The number of benzene rings is 1. The molecule has 0 fully saturated rings. The summed E-state index contributed by atoms with van der Waals surface area (Å²) in [5, 5.41) is 10.8. The molecule has 0 aliphatic rings. The molecule has 4 heteroatoms. The second-order valence-corrected chi connectivity index (χ2v) is 4.62. The minimum absolute atomic E-state index is 0.602.